The van der Waals surface area contributed by atoms with E-state index in [-0.39, 0.29) is 5.91 Å². The van der Waals surface area contributed by atoms with E-state index in [2.05, 4.69) is 54.0 Å². The number of ether oxygens (including phenoxy) is 1. The molecule has 33 heavy (non-hydrogen) atoms. The van der Waals surface area contributed by atoms with Gasteiger partial charge in [0.15, 0.2) is 0 Å². The van der Waals surface area contributed by atoms with E-state index in [1.807, 2.05) is 31.2 Å². The fourth-order valence-corrected chi connectivity index (χ4v) is 4.31. The SMILES string of the molecule is CCOc1cc2ncnc(NCCc3cccc(Br)c3)c2cc1NC(=O)C=C1CCNCC1. The molecule has 0 aliphatic carbocycles. The molecular formula is C25H28BrN5O2. The Bertz CT molecular complexity index is 1160. The largest absolute Gasteiger partial charge is 0.492 e. The molecule has 0 atom stereocenters. The van der Waals surface area contributed by atoms with Crippen molar-refractivity contribution in [3.63, 3.8) is 0 Å². The second-order valence-corrected chi connectivity index (χ2v) is 8.79. The molecule has 3 N–H and O–H groups in total. The van der Waals surface area contributed by atoms with Crippen molar-refractivity contribution in [2.24, 2.45) is 0 Å². The first kappa shape index (κ1) is 23.2. The standard InChI is InChI=1S/C25H28BrN5O2/c1-2-33-23-15-21-20(14-22(23)31-24(32)13-18-6-9-27-10-7-18)25(30-16-29-21)28-11-8-17-4-3-5-19(26)12-17/h3-5,12-16,27H,2,6-11H2,1H3,(H,31,32)(H,28,29,30). The Kier molecular flexibility index (Phi) is 7.91. The molecular weight excluding hydrogens is 482 g/mol. The van der Waals surface area contributed by atoms with Gasteiger partial charge in [-0.15, -0.1) is 0 Å². The van der Waals surface area contributed by atoms with E-state index in [4.69, 9.17) is 4.74 Å². The van der Waals surface area contributed by atoms with Crippen molar-refractivity contribution >= 4 is 44.2 Å². The second kappa shape index (κ2) is 11.2. The average molecular weight is 510 g/mol. The van der Waals surface area contributed by atoms with E-state index in [1.165, 1.54) is 5.56 Å². The van der Waals surface area contributed by atoms with Gasteiger partial charge in [0.25, 0.3) is 0 Å². The van der Waals surface area contributed by atoms with Crippen LogP contribution < -0.4 is 20.7 Å². The Morgan fingerprint density at radius 1 is 1.21 bits per heavy atom. The summed E-state index contributed by atoms with van der Waals surface area (Å²) in [6.07, 6.45) is 5.89. The maximum atomic E-state index is 12.7. The summed E-state index contributed by atoms with van der Waals surface area (Å²) in [5.74, 6) is 1.18. The number of rotatable bonds is 8. The van der Waals surface area contributed by atoms with Gasteiger partial charge in [0.05, 0.1) is 17.8 Å². The molecule has 1 aliphatic rings. The molecule has 0 bridgehead atoms. The average Bonchev–Trinajstić information content (AvgIpc) is 2.80. The minimum absolute atomic E-state index is 0.145. The first-order valence-electron chi connectivity index (χ1n) is 11.2. The zero-order valence-electron chi connectivity index (χ0n) is 18.7. The summed E-state index contributed by atoms with van der Waals surface area (Å²) in [5.41, 5.74) is 3.76. The van der Waals surface area contributed by atoms with Gasteiger partial charge in [-0.1, -0.05) is 33.6 Å². The number of aromatic nitrogens is 2. The highest BCUT2D eigenvalue weighted by Crippen LogP contribution is 2.32. The number of hydrogen-bond acceptors (Lipinski definition) is 6. The zero-order valence-corrected chi connectivity index (χ0v) is 20.2. The van der Waals surface area contributed by atoms with Crippen LogP contribution in [0, 0.1) is 0 Å². The molecule has 0 spiro atoms. The molecule has 0 radical (unpaired) electrons. The normalized spacial score (nSPS) is 13.6. The third kappa shape index (κ3) is 6.30. The Hall–Kier alpha value is -2.97. The van der Waals surface area contributed by atoms with Crippen LogP contribution in [-0.2, 0) is 11.2 Å². The number of piperidine rings is 1. The maximum Gasteiger partial charge on any atom is 0.248 e. The van der Waals surface area contributed by atoms with Crippen LogP contribution in [-0.4, -0.2) is 42.1 Å². The van der Waals surface area contributed by atoms with Crippen molar-refractivity contribution < 1.29 is 9.53 Å². The Morgan fingerprint density at radius 2 is 2.06 bits per heavy atom. The van der Waals surface area contributed by atoms with E-state index in [1.54, 1.807) is 12.4 Å². The molecule has 172 valence electrons. The van der Waals surface area contributed by atoms with Gasteiger partial charge in [0.1, 0.15) is 17.9 Å². The fraction of sp³-hybridized carbons (Fsp3) is 0.320. The van der Waals surface area contributed by atoms with Crippen molar-refractivity contribution in [2.75, 3.05) is 36.9 Å². The zero-order chi connectivity index (χ0) is 23.0. The number of benzene rings is 2. The van der Waals surface area contributed by atoms with E-state index in [0.717, 1.165) is 65.7 Å². The molecule has 4 rings (SSSR count). The van der Waals surface area contributed by atoms with E-state index in [9.17, 15) is 4.79 Å². The van der Waals surface area contributed by atoms with Crippen molar-refractivity contribution in [3.05, 3.63) is 64.4 Å². The monoisotopic (exact) mass is 509 g/mol. The third-order valence-corrected chi connectivity index (χ3v) is 5.96. The number of nitrogens with zero attached hydrogens (tertiary/aromatic N) is 2. The van der Waals surface area contributed by atoms with Gasteiger partial charge in [-0.2, -0.15) is 0 Å². The lowest BCUT2D eigenvalue weighted by atomic mass is 10.1. The first-order valence-corrected chi connectivity index (χ1v) is 12.0. The molecule has 8 heteroatoms. The van der Waals surface area contributed by atoms with Gasteiger partial charge >= 0.3 is 0 Å². The van der Waals surface area contributed by atoms with Crippen molar-refractivity contribution in [3.8, 4) is 5.75 Å². The minimum atomic E-state index is -0.145. The molecule has 2 aromatic carbocycles. The van der Waals surface area contributed by atoms with Gasteiger partial charge in [0, 0.05) is 28.5 Å². The van der Waals surface area contributed by atoms with Crippen LogP contribution in [0.25, 0.3) is 10.9 Å². The highest BCUT2D eigenvalue weighted by atomic mass is 79.9. The molecule has 3 aromatic rings. The number of amides is 1. The Morgan fingerprint density at radius 3 is 2.85 bits per heavy atom. The quantitative estimate of drug-likeness (QED) is 0.381. The number of hydrogen-bond donors (Lipinski definition) is 3. The van der Waals surface area contributed by atoms with E-state index >= 15 is 0 Å². The summed E-state index contributed by atoms with van der Waals surface area (Å²) >= 11 is 3.52. The lowest BCUT2D eigenvalue weighted by molar-refractivity contribution is -0.112. The number of carbonyl (C=O) groups excluding carboxylic acids is 1. The van der Waals surface area contributed by atoms with E-state index in [0.29, 0.717) is 18.0 Å². The predicted molar refractivity (Wildman–Crippen MR) is 136 cm³/mol. The van der Waals surface area contributed by atoms with Gasteiger partial charge < -0.3 is 20.7 Å². The molecule has 1 fully saturated rings. The molecule has 0 unspecified atom stereocenters. The fourth-order valence-electron chi connectivity index (χ4n) is 3.86. The minimum Gasteiger partial charge on any atom is -0.492 e. The van der Waals surface area contributed by atoms with Crippen molar-refractivity contribution in [1.29, 1.82) is 0 Å². The summed E-state index contributed by atoms with van der Waals surface area (Å²) in [7, 11) is 0. The molecule has 0 saturated carbocycles. The molecule has 1 amide bonds. The Labute approximate surface area is 202 Å². The molecule has 1 aromatic heterocycles. The molecule has 2 heterocycles. The first-order chi connectivity index (χ1) is 16.1. The van der Waals surface area contributed by atoms with Crippen LogP contribution in [0.3, 0.4) is 0 Å². The lowest BCUT2D eigenvalue weighted by Crippen LogP contribution is -2.24. The number of carbonyl (C=O) groups is 1. The topological polar surface area (TPSA) is 88.2 Å². The molecule has 1 aliphatic heterocycles. The van der Waals surface area contributed by atoms with Crippen LogP contribution in [0.15, 0.2) is 58.8 Å². The van der Waals surface area contributed by atoms with Gasteiger partial charge in [-0.05, 0) is 63.0 Å². The van der Waals surface area contributed by atoms with Crippen LogP contribution in [0.1, 0.15) is 25.3 Å². The maximum absolute atomic E-state index is 12.7. The summed E-state index contributed by atoms with van der Waals surface area (Å²) in [4.78, 5) is 21.5. The van der Waals surface area contributed by atoms with Gasteiger partial charge in [0.2, 0.25) is 5.91 Å². The second-order valence-electron chi connectivity index (χ2n) is 7.87. The summed E-state index contributed by atoms with van der Waals surface area (Å²) < 4.78 is 6.86. The van der Waals surface area contributed by atoms with Crippen LogP contribution in [0.4, 0.5) is 11.5 Å². The summed E-state index contributed by atoms with van der Waals surface area (Å²) in [6.45, 7) is 4.94. The van der Waals surface area contributed by atoms with Crippen molar-refractivity contribution in [2.45, 2.75) is 26.2 Å². The summed E-state index contributed by atoms with van der Waals surface area (Å²) in [5, 5.41) is 10.6. The highest BCUT2D eigenvalue weighted by molar-refractivity contribution is 9.10. The summed E-state index contributed by atoms with van der Waals surface area (Å²) in [6, 6.07) is 12.0. The smallest absolute Gasteiger partial charge is 0.248 e. The van der Waals surface area contributed by atoms with Gasteiger partial charge in [-0.3, -0.25) is 4.79 Å². The van der Waals surface area contributed by atoms with E-state index < -0.39 is 0 Å². The number of anilines is 2. The van der Waals surface area contributed by atoms with Crippen LogP contribution in [0.2, 0.25) is 0 Å². The Balaban J connectivity index is 1.55. The number of fused-ring (bicyclic) bond motifs is 1. The number of nitrogens with one attached hydrogen (secondary N) is 3. The van der Waals surface area contributed by atoms with Crippen molar-refractivity contribution in [1.82, 2.24) is 15.3 Å². The molecule has 7 nitrogen and oxygen atoms in total. The van der Waals surface area contributed by atoms with Gasteiger partial charge in [-0.25, -0.2) is 9.97 Å². The third-order valence-electron chi connectivity index (χ3n) is 5.47. The van der Waals surface area contributed by atoms with Crippen LogP contribution in [0.5, 0.6) is 5.75 Å². The van der Waals surface area contributed by atoms with Crippen LogP contribution >= 0.6 is 15.9 Å². The highest BCUT2D eigenvalue weighted by Gasteiger charge is 2.14. The number of halogens is 1. The lowest BCUT2D eigenvalue weighted by Gasteiger charge is -2.16. The predicted octanol–water partition coefficient (Wildman–Crippen LogP) is 4.69. The molecule has 1 saturated heterocycles.